The lowest BCUT2D eigenvalue weighted by atomic mass is 10.1. The maximum absolute atomic E-state index is 12.2. The van der Waals surface area contributed by atoms with Crippen LogP contribution in [0.5, 0.6) is 0 Å². The van der Waals surface area contributed by atoms with Gasteiger partial charge in [-0.3, -0.25) is 4.99 Å². The minimum absolute atomic E-state index is 0. The van der Waals surface area contributed by atoms with Crippen molar-refractivity contribution >= 4 is 40.0 Å². The molecule has 0 aromatic heterocycles. The van der Waals surface area contributed by atoms with Gasteiger partial charge in [0.05, 0.1) is 18.4 Å². The van der Waals surface area contributed by atoms with Crippen LogP contribution in [0.25, 0.3) is 0 Å². The van der Waals surface area contributed by atoms with Crippen molar-refractivity contribution < 1.29 is 13.2 Å². The molecule has 1 aliphatic rings. The number of piperidine rings is 1. The van der Waals surface area contributed by atoms with Crippen molar-refractivity contribution in [3.63, 3.8) is 0 Å². The summed E-state index contributed by atoms with van der Waals surface area (Å²) in [5.74, 6) is 0.862. The van der Waals surface area contributed by atoms with Crippen LogP contribution in [-0.4, -0.2) is 81.3 Å². The van der Waals surface area contributed by atoms with Crippen LogP contribution in [0.3, 0.4) is 0 Å². The van der Waals surface area contributed by atoms with Crippen molar-refractivity contribution in [3.8, 4) is 0 Å². The summed E-state index contributed by atoms with van der Waals surface area (Å²) in [5, 5.41) is 3.27. The molecule has 0 bridgehead atoms. The topological polar surface area (TPSA) is 74.2 Å². The fourth-order valence-corrected chi connectivity index (χ4v) is 4.28. The Hall–Kier alpha value is -0.130. The third kappa shape index (κ3) is 8.40. The van der Waals surface area contributed by atoms with E-state index in [2.05, 4.69) is 15.2 Å². The lowest BCUT2D eigenvalue weighted by Gasteiger charge is -2.34. The van der Waals surface area contributed by atoms with Gasteiger partial charge in [0.2, 0.25) is 10.0 Å². The molecule has 0 radical (unpaired) electrons. The summed E-state index contributed by atoms with van der Waals surface area (Å²) >= 11 is 0. The molecule has 7 nitrogen and oxygen atoms in total. The summed E-state index contributed by atoms with van der Waals surface area (Å²) < 4.78 is 31.6. The Kier molecular flexibility index (Phi) is 13.0. The van der Waals surface area contributed by atoms with Gasteiger partial charge in [0.1, 0.15) is 0 Å². The van der Waals surface area contributed by atoms with Gasteiger partial charge >= 0.3 is 0 Å². The molecule has 0 amide bonds. The van der Waals surface area contributed by atoms with E-state index in [4.69, 9.17) is 4.74 Å². The molecule has 1 rings (SSSR count). The largest absolute Gasteiger partial charge is 0.378 e. The minimum atomic E-state index is -3.22. The molecule has 0 unspecified atom stereocenters. The highest BCUT2D eigenvalue weighted by molar-refractivity contribution is 14.0. The van der Waals surface area contributed by atoms with E-state index in [1.165, 1.54) is 4.31 Å². The number of rotatable bonds is 9. The molecule has 1 N–H and O–H groups in total. The molecule has 1 aliphatic heterocycles. The van der Waals surface area contributed by atoms with Crippen LogP contribution >= 0.6 is 24.0 Å². The first kappa shape index (κ1) is 24.9. The predicted molar refractivity (Wildman–Crippen MR) is 114 cm³/mol. The maximum Gasteiger partial charge on any atom is 0.215 e. The Bertz CT molecular complexity index is 476. The van der Waals surface area contributed by atoms with Crippen LogP contribution in [0, 0.1) is 0 Å². The maximum atomic E-state index is 12.2. The average molecular weight is 490 g/mol. The molecular weight excluding hydrogens is 455 g/mol. The van der Waals surface area contributed by atoms with E-state index >= 15 is 0 Å². The fraction of sp³-hybridized carbons (Fsp3) is 0.938. The summed E-state index contributed by atoms with van der Waals surface area (Å²) in [5.41, 5.74) is 0. The molecule has 0 aromatic carbocycles. The second-order valence-electron chi connectivity index (χ2n) is 5.78. The molecule has 0 atom stereocenters. The Morgan fingerprint density at radius 3 is 2.28 bits per heavy atom. The van der Waals surface area contributed by atoms with Gasteiger partial charge in [0, 0.05) is 39.3 Å². The highest BCUT2D eigenvalue weighted by Crippen LogP contribution is 2.13. The van der Waals surface area contributed by atoms with Gasteiger partial charge in [-0.1, -0.05) is 13.8 Å². The van der Waals surface area contributed by atoms with Gasteiger partial charge in [0.15, 0.2) is 5.96 Å². The van der Waals surface area contributed by atoms with E-state index in [0.29, 0.717) is 19.2 Å². The van der Waals surface area contributed by atoms with Crippen LogP contribution in [0.4, 0.5) is 0 Å². The molecule has 1 heterocycles. The normalized spacial score (nSPS) is 16.8. The molecule has 0 aromatic rings. The predicted octanol–water partition coefficient (Wildman–Crippen LogP) is 1.74. The Balaban J connectivity index is 0.00000576. The van der Waals surface area contributed by atoms with E-state index in [-0.39, 0.29) is 36.3 Å². The zero-order valence-corrected chi connectivity index (χ0v) is 19.2. The fourth-order valence-electron chi connectivity index (χ4n) is 2.91. The second-order valence-corrected chi connectivity index (χ2v) is 7.87. The summed E-state index contributed by atoms with van der Waals surface area (Å²) in [6.45, 7) is 12.4. The monoisotopic (exact) mass is 490 g/mol. The number of likely N-dealkylation sites (tertiary alicyclic amines) is 1. The van der Waals surface area contributed by atoms with Gasteiger partial charge < -0.3 is 15.0 Å². The number of guanidine groups is 1. The Morgan fingerprint density at radius 2 is 1.80 bits per heavy atom. The summed E-state index contributed by atoms with van der Waals surface area (Å²) in [6.07, 6.45) is 2.29. The molecule has 0 spiro atoms. The van der Waals surface area contributed by atoms with Gasteiger partial charge in [-0.15, -0.1) is 24.0 Å². The molecule has 1 saturated heterocycles. The molecule has 0 saturated carbocycles. The second kappa shape index (κ2) is 13.1. The zero-order valence-electron chi connectivity index (χ0n) is 16.0. The minimum Gasteiger partial charge on any atom is -0.378 e. The molecule has 150 valence electrons. The molecule has 25 heavy (non-hydrogen) atoms. The van der Waals surface area contributed by atoms with Gasteiger partial charge in [0.25, 0.3) is 0 Å². The van der Waals surface area contributed by atoms with Crippen molar-refractivity contribution in [3.05, 3.63) is 0 Å². The lowest BCUT2D eigenvalue weighted by molar-refractivity contribution is 0.0264. The number of hydrogen-bond donors (Lipinski definition) is 1. The third-order valence-corrected chi connectivity index (χ3v) is 6.19. The molecule has 0 aliphatic carbocycles. The quantitative estimate of drug-likeness (QED) is 0.303. The van der Waals surface area contributed by atoms with E-state index in [0.717, 1.165) is 45.0 Å². The van der Waals surface area contributed by atoms with Crippen molar-refractivity contribution in [2.75, 3.05) is 51.6 Å². The number of hydrogen-bond acceptors (Lipinski definition) is 4. The first-order chi connectivity index (χ1) is 11.5. The lowest BCUT2D eigenvalue weighted by Crippen LogP contribution is -2.47. The Morgan fingerprint density at radius 1 is 1.20 bits per heavy atom. The molecular formula is C16H35IN4O3S. The molecule has 9 heteroatoms. The third-order valence-electron chi connectivity index (χ3n) is 4.19. The van der Waals surface area contributed by atoms with E-state index in [9.17, 15) is 8.42 Å². The van der Waals surface area contributed by atoms with Crippen molar-refractivity contribution in [1.82, 2.24) is 14.5 Å². The number of sulfonamides is 1. The first-order valence-corrected chi connectivity index (χ1v) is 10.7. The highest BCUT2D eigenvalue weighted by atomic mass is 127. The number of ether oxygens (including phenoxy) is 1. The number of halogens is 1. The smallest absolute Gasteiger partial charge is 0.215 e. The van der Waals surface area contributed by atoms with Crippen LogP contribution in [0.15, 0.2) is 4.99 Å². The highest BCUT2D eigenvalue weighted by Gasteiger charge is 2.22. The number of nitrogens with zero attached hydrogens (tertiary/aromatic N) is 3. The average Bonchev–Trinajstić information content (AvgIpc) is 2.56. The summed E-state index contributed by atoms with van der Waals surface area (Å²) in [4.78, 5) is 6.73. The van der Waals surface area contributed by atoms with Crippen LogP contribution in [0.1, 0.15) is 40.5 Å². The van der Waals surface area contributed by atoms with Gasteiger partial charge in [-0.05, 0) is 26.7 Å². The first-order valence-electron chi connectivity index (χ1n) is 9.11. The van der Waals surface area contributed by atoms with Crippen molar-refractivity contribution in [1.29, 1.82) is 0 Å². The SMILES string of the molecule is CCNC(=NCCS(=O)(=O)N(CC)CC)N1CCC(OCC)CC1.I. The van der Waals surface area contributed by atoms with Crippen LogP contribution in [0.2, 0.25) is 0 Å². The van der Waals surface area contributed by atoms with Crippen molar-refractivity contribution in [2.24, 2.45) is 4.99 Å². The number of nitrogens with one attached hydrogen (secondary N) is 1. The van der Waals surface area contributed by atoms with E-state index < -0.39 is 10.0 Å². The Labute approximate surface area is 170 Å². The van der Waals surface area contributed by atoms with Gasteiger partial charge in [-0.25, -0.2) is 12.7 Å². The summed E-state index contributed by atoms with van der Waals surface area (Å²) in [6, 6.07) is 0. The van der Waals surface area contributed by atoms with Crippen LogP contribution < -0.4 is 5.32 Å². The summed E-state index contributed by atoms with van der Waals surface area (Å²) in [7, 11) is -3.22. The zero-order chi connectivity index (χ0) is 18.0. The van der Waals surface area contributed by atoms with E-state index in [1.807, 2.05) is 27.7 Å². The van der Waals surface area contributed by atoms with E-state index in [1.54, 1.807) is 0 Å². The van der Waals surface area contributed by atoms with Crippen LogP contribution in [-0.2, 0) is 14.8 Å². The van der Waals surface area contributed by atoms with Crippen molar-refractivity contribution in [2.45, 2.75) is 46.6 Å². The van der Waals surface area contributed by atoms with Gasteiger partial charge in [-0.2, -0.15) is 0 Å². The standard InChI is InChI=1S/C16H34N4O3S.HI/c1-5-17-16(19-12-9-15(10-13-19)23-8-4)18-11-14-24(21,22)20(6-2)7-3;/h15H,5-14H2,1-4H3,(H,17,18);1H. The molecule has 1 fully saturated rings. The number of aliphatic imine (C=N–C) groups is 1.